The summed E-state index contributed by atoms with van der Waals surface area (Å²) in [5.41, 5.74) is 5.59. The maximum Gasteiger partial charge on any atom is 0.387 e. The zero-order chi connectivity index (χ0) is 19.2. The summed E-state index contributed by atoms with van der Waals surface area (Å²) in [6.07, 6.45) is 2.00. The lowest BCUT2D eigenvalue weighted by Gasteiger charge is -2.30. The molecule has 0 unspecified atom stereocenters. The first-order chi connectivity index (χ1) is 13.0. The molecule has 7 heteroatoms. The lowest BCUT2D eigenvalue weighted by molar-refractivity contribution is -0.119. The summed E-state index contributed by atoms with van der Waals surface area (Å²) in [6, 6.07) is 14.4. The van der Waals surface area contributed by atoms with Crippen molar-refractivity contribution in [2.75, 3.05) is 18.0 Å². The molecule has 2 aromatic rings. The number of fused-ring (bicyclic) bond motifs is 1. The summed E-state index contributed by atoms with van der Waals surface area (Å²) in [7, 11) is 0. The Kier molecular flexibility index (Phi) is 6.01. The molecule has 3 rings (SSSR count). The predicted octanol–water partition coefficient (Wildman–Crippen LogP) is 3.58. The Morgan fingerprint density at radius 3 is 2.78 bits per heavy atom. The molecule has 142 valence electrons. The topological polar surface area (TPSA) is 53.9 Å². The molecule has 5 nitrogen and oxygen atoms in total. The number of alkyl halides is 2. The molecule has 0 aromatic heterocycles. The lowest BCUT2D eigenvalue weighted by Crippen LogP contribution is -2.38. The van der Waals surface area contributed by atoms with E-state index in [0.717, 1.165) is 25.1 Å². The summed E-state index contributed by atoms with van der Waals surface area (Å²) < 4.78 is 29.5. The van der Waals surface area contributed by atoms with Crippen molar-refractivity contribution in [3.63, 3.8) is 0 Å². The van der Waals surface area contributed by atoms with Gasteiger partial charge in [-0.3, -0.25) is 4.79 Å². The Bertz CT molecular complexity index is 839. The molecule has 0 spiro atoms. The minimum atomic E-state index is -2.92. The molecule has 0 saturated carbocycles. The molecular weight excluding hydrogens is 352 g/mol. The van der Waals surface area contributed by atoms with Gasteiger partial charge in [-0.05, 0) is 43.5 Å². The van der Waals surface area contributed by atoms with Gasteiger partial charge in [0.1, 0.15) is 5.75 Å². The molecule has 1 N–H and O–H groups in total. The van der Waals surface area contributed by atoms with Gasteiger partial charge in [0.05, 0.1) is 12.3 Å². The van der Waals surface area contributed by atoms with Gasteiger partial charge in [-0.1, -0.05) is 30.3 Å². The number of benzene rings is 2. The second-order valence-corrected chi connectivity index (χ2v) is 6.26. The van der Waals surface area contributed by atoms with Crippen molar-refractivity contribution in [3.8, 4) is 5.75 Å². The van der Waals surface area contributed by atoms with Crippen LogP contribution in [0.15, 0.2) is 53.6 Å². The van der Waals surface area contributed by atoms with Crippen LogP contribution in [-0.2, 0) is 11.2 Å². The number of amides is 1. The number of hydrazone groups is 1. The molecule has 0 aliphatic carbocycles. The average Bonchev–Trinajstić information content (AvgIpc) is 2.66. The van der Waals surface area contributed by atoms with Crippen molar-refractivity contribution < 1.29 is 18.3 Å². The molecule has 1 aliphatic heterocycles. The number of aryl methyl sites for hydroxylation is 1. The average molecular weight is 373 g/mol. The highest BCUT2D eigenvalue weighted by molar-refractivity contribution is 6.01. The minimum Gasteiger partial charge on any atom is -0.434 e. The number of carbonyl (C=O) groups is 1. The standard InChI is InChI=1S/C20H21F2N3O2/c1-14(16-9-3-5-11-18(16)27-20(21)22)23-24-19(26)13-25-12-6-8-15-7-2-4-10-17(15)25/h2-5,7,9-11,20H,6,8,12-13H2,1H3,(H,24,26)/b23-14-. The molecule has 1 heterocycles. The Balaban J connectivity index is 1.66. The van der Waals surface area contributed by atoms with Crippen LogP contribution >= 0.6 is 0 Å². The Hall–Kier alpha value is -2.96. The van der Waals surface area contributed by atoms with E-state index in [1.165, 1.54) is 11.6 Å². The summed E-state index contributed by atoms with van der Waals surface area (Å²) in [4.78, 5) is 14.3. The number of ether oxygens (including phenoxy) is 1. The lowest BCUT2D eigenvalue weighted by atomic mass is 10.0. The highest BCUT2D eigenvalue weighted by atomic mass is 19.3. The Morgan fingerprint density at radius 1 is 1.22 bits per heavy atom. The highest BCUT2D eigenvalue weighted by Gasteiger charge is 2.18. The van der Waals surface area contributed by atoms with Crippen molar-refractivity contribution >= 4 is 17.3 Å². The van der Waals surface area contributed by atoms with Crippen LogP contribution in [-0.4, -0.2) is 31.3 Å². The summed E-state index contributed by atoms with van der Waals surface area (Å²) >= 11 is 0. The van der Waals surface area contributed by atoms with Crippen LogP contribution in [0, 0.1) is 0 Å². The summed E-state index contributed by atoms with van der Waals surface area (Å²) in [6.45, 7) is -0.307. The number of carbonyl (C=O) groups excluding carboxylic acids is 1. The molecule has 0 saturated heterocycles. The van der Waals surface area contributed by atoms with Crippen LogP contribution in [0.2, 0.25) is 0 Å². The fourth-order valence-electron chi connectivity index (χ4n) is 3.16. The van der Waals surface area contributed by atoms with E-state index in [-0.39, 0.29) is 18.2 Å². The number of anilines is 1. The van der Waals surface area contributed by atoms with Crippen LogP contribution in [0.1, 0.15) is 24.5 Å². The van der Waals surface area contributed by atoms with Gasteiger partial charge < -0.3 is 9.64 Å². The van der Waals surface area contributed by atoms with Crippen molar-refractivity contribution in [2.24, 2.45) is 5.10 Å². The van der Waals surface area contributed by atoms with E-state index >= 15 is 0 Å². The van der Waals surface area contributed by atoms with Crippen LogP contribution in [0.5, 0.6) is 5.75 Å². The number of nitrogens with one attached hydrogen (secondary N) is 1. The fraction of sp³-hybridized carbons (Fsp3) is 0.300. The van der Waals surface area contributed by atoms with E-state index in [4.69, 9.17) is 0 Å². The third-order valence-corrected chi connectivity index (χ3v) is 4.38. The molecule has 0 bridgehead atoms. The van der Waals surface area contributed by atoms with E-state index < -0.39 is 6.61 Å². The normalized spacial score (nSPS) is 14.1. The summed E-state index contributed by atoms with van der Waals surface area (Å²) in [5.74, 6) is -0.244. The maximum atomic E-state index is 12.5. The van der Waals surface area contributed by atoms with E-state index in [0.29, 0.717) is 11.3 Å². The third kappa shape index (κ3) is 4.81. The SMILES string of the molecule is C/C(=N/NC(=O)CN1CCCc2ccccc21)c1ccccc1OC(F)F. The van der Waals surface area contributed by atoms with Gasteiger partial charge in [0.2, 0.25) is 0 Å². The number of halogens is 2. The van der Waals surface area contributed by atoms with Crippen molar-refractivity contribution in [1.29, 1.82) is 0 Å². The number of hydrogen-bond acceptors (Lipinski definition) is 4. The predicted molar refractivity (Wildman–Crippen MR) is 100 cm³/mol. The first-order valence-corrected chi connectivity index (χ1v) is 8.75. The fourth-order valence-corrected chi connectivity index (χ4v) is 3.16. The van der Waals surface area contributed by atoms with Gasteiger partial charge in [0, 0.05) is 17.8 Å². The number of para-hydroxylation sites is 2. The third-order valence-electron chi connectivity index (χ3n) is 4.38. The minimum absolute atomic E-state index is 0.0213. The van der Waals surface area contributed by atoms with Crippen LogP contribution in [0.4, 0.5) is 14.5 Å². The number of hydrogen-bond donors (Lipinski definition) is 1. The van der Waals surface area contributed by atoms with Gasteiger partial charge in [-0.2, -0.15) is 13.9 Å². The molecule has 1 aliphatic rings. The second-order valence-electron chi connectivity index (χ2n) is 6.26. The second kappa shape index (κ2) is 8.62. The maximum absolute atomic E-state index is 12.5. The van der Waals surface area contributed by atoms with E-state index in [1.807, 2.05) is 23.1 Å². The van der Waals surface area contributed by atoms with E-state index in [2.05, 4.69) is 21.3 Å². The number of rotatable bonds is 6. The van der Waals surface area contributed by atoms with Crippen molar-refractivity contribution in [1.82, 2.24) is 5.43 Å². The molecule has 0 radical (unpaired) electrons. The largest absolute Gasteiger partial charge is 0.434 e. The summed E-state index contributed by atoms with van der Waals surface area (Å²) in [5, 5.41) is 4.05. The van der Waals surface area contributed by atoms with Crippen molar-refractivity contribution in [3.05, 3.63) is 59.7 Å². The van der Waals surface area contributed by atoms with E-state index in [1.54, 1.807) is 25.1 Å². The molecule has 0 atom stereocenters. The van der Waals surface area contributed by atoms with Crippen LogP contribution in [0.25, 0.3) is 0 Å². The zero-order valence-corrected chi connectivity index (χ0v) is 15.0. The molecule has 27 heavy (non-hydrogen) atoms. The Morgan fingerprint density at radius 2 is 1.96 bits per heavy atom. The Labute approximate surface area is 156 Å². The van der Waals surface area contributed by atoms with E-state index in [9.17, 15) is 13.6 Å². The van der Waals surface area contributed by atoms with Gasteiger partial charge in [-0.25, -0.2) is 5.43 Å². The van der Waals surface area contributed by atoms with Crippen molar-refractivity contribution in [2.45, 2.75) is 26.4 Å². The highest BCUT2D eigenvalue weighted by Crippen LogP contribution is 2.26. The molecular formula is C20H21F2N3O2. The molecule has 0 fully saturated rings. The molecule has 2 aromatic carbocycles. The molecule has 1 amide bonds. The van der Waals surface area contributed by atoms with Crippen LogP contribution < -0.4 is 15.1 Å². The monoisotopic (exact) mass is 373 g/mol. The number of nitrogens with zero attached hydrogens (tertiary/aromatic N) is 2. The van der Waals surface area contributed by atoms with Gasteiger partial charge in [0.15, 0.2) is 0 Å². The van der Waals surface area contributed by atoms with Gasteiger partial charge in [0.25, 0.3) is 5.91 Å². The van der Waals surface area contributed by atoms with Gasteiger partial charge >= 0.3 is 6.61 Å². The smallest absolute Gasteiger partial charge is 0.387 e. The van der Waals surface area contributed by atoms with Gasteiger partial charge in [-0.15, -0.1) is 0 Å². The van der Waals surface area contributed by atoms with Crippen LogP contribution in [0.3, 0.4) is 0 Å². The first kappa shape index (κ1) is 18.8. The first-order valence-electron chi connectivity index (χ1n) is 8.75. The zero-order valence-electron chi connectivity index (χ0n) is 15.0. The quantitative estimate of drug-likeness (QED) is 0.622.